The van der Waals surface area contributed by atoms with Gasteiger partial charge in [0.15, 0.2) is 0 Å². The number of carboxylic acids is 1. The average molecular weight is 331 g/mol. The van der Waals surface area contributed by atoms with Crippen LogP contribution in [-0.4, -0.2) is 29.7 Å². The van der Waals surface area contributed by atoms with Gasteiger partial charge < -0.3 is 15.2 Å². The lowest BCUT2D eigenvalue weighted by atomic mass is 10.1. The van der Waals surface area contributed by atoms with E-state index in [-0.39, 0.29) is 6.42 Å². The predicted octanol–water partition coefficient (Wildman–Crippen LogP) is 3.94. The number of halogens is 1. The fraction of sp³-hybridized carbons (Fsp3) is 0.176. The van der Waals surface area contributed by atoms with Gasteiger partial charge in [-0.2, -0.15) is 0 Å². The predicted molar refractivity (Wildman–Crippen MR) is 91.6 cm³/mol. The number of anilines is 1. The minimum absolute atomic E-state index is 0.0306. The van der Waals surface area contributed by atoms with E-state index < -0.39 is 5.97 Å². The zero-order valence-corrected chi connectivity index (χ0v) is 13.2. The van der Waals surface area contributed by atoms with Gasteiger partial charge in [-0.05, 0) is 36.4 Å². The number of nitrogens with one attached hydrogen (secondary N) is 1. The SMILES string of the molecule is COc1ccc2nc3cc(Cl)ccc3c(NCCC(=O)O)c2c1. The van der Waals surface area contributed by atoms with Crippen LogP contribution < -0.4 is 10.1 Å². The Labute approximate surface area is 137 Å². The number of methoxy groups -OCH3 is 1. The number of benzene rings is 2. The van der Waals surface area contributed by atoms with Gasteiger partial charge in [-0.1, -0.05) is 11.6 Å². The molecule has 0 aliphatic rings. The Morgan fingerprint density at radius 2 is 2.04 bits per heavy atom. The molecule has 1 aromatic heterocycles. The van der Waals surface area contributed by atoms with Crippen molar-refractivity contribution in [1.29, 1.82) is 0 Å². The third-order valence-corrected chi connectivity index (χ3v) is 3.82. The molecule has 2 N–H and O–H groups in total. The van der Waals surface area contributed by atoms with E-state index in [2.05, 4.69) is 10.3 Å². The molecule has 3 aromatic rings. The molecule has 0 radical (unpaired) electrons. The van der Waals surface area contributed by atoms with Gasteiger partial charge in [-0.15, -0.1) is 0 Å². The molecule has 23 heavy (non-hydrogen) atoms. The summed E-state index contributed by atoms with van der Waals surface area (Å²) < 4.78 is 5.28. The van der Waals surface area contributed by atoms with Gasteiger partial charge in [0, 0.05) is 22.3 Å². The summed E-state index contributed by atoms with van der Waals surface area (Å²) in [6, 6.07) is 11.1. The van der Waals surface area contributed by atoms with Crippen molar-refractivity contribution in [3.8, 4) is 5.75 Å². The molecule has 6 heteroatoms. The molecule has 3 rings (SSSR count). The van der Waals surface area contributed by atoms with Crippen molar-refractivity contribution in [3.63, 3.8) is 0 Å². The number of aromatic nitrogens is 1. The number of pyridine rings is 1. The molecule has 0 saturated carbocycles. The van der Waals surface area contributed by atoms with Crippen LogP contribution in [0.4, 0.5) is 5.69 Å². The Morgan fingerprint density at radius 1 is 1.22 bits per heavy atom. The van der Waals surface area contributed by atoms with E-state index in [1.807, 2.05) is 24.3 Å². The molecule has 2 aromatic carbocycles. The number of carboxylic acid groups (broad SMARTS) is 1. The molecule has 0 unspecified atom stereocenters. The van der Waals surface area contributed by atoms with Crippen molar-refractivity contribution >= 4 is 45.1 Å². The minimum atomic E-state index is -0.846. The largest absolute Gasteiger partial charge is 0.497 e. The second-order valence-electron chi connectivity index (χ2n) is 5.10. The maximum atomic E-state index is 10.8. The third-order valence-electron chi connectivity index (χ3n) is 3.58. The van der Waals surface area contributed by atoms with Gasteiger partial charge in [-0.25, -0.2) is 4.98 Å². The maximum absolute atomic E-state index is 10.8. The van der Waals surface area contributed by atoms with Crippen LogP contribution >= 0.6 is 11.6 Å². The molecule has 1 heterocycles. The first-order valence-electron chi connectivity index (χ1n) is 7.11. The molecule has 0 amide bonds. The van der Waals surface area contributed by atoms with Crippen molar-refractivity contribution in [2.75, 3.05) is 19.0 Å². The molecule has 0 bridgehead atoms. The first kappa shape index (κ1) is 15.4. The molecule has 0 fully saturated rings. The summed E-state index contributed by atoms with van der Waals surface area (Å²) in [6.45, 7) is 0.323. The summed E-state index contributed by atoms with van der Waals surface area (Å²) in [5, 5.41) is 14.4. The fourth-order valence-corrected chi connectivity index (χ4v) is 2.67. The summed E-state index contributed by atoms with van der Waals surface area (Å²) in [7, 11) is 1.60. The summed E-state index contributed by atoms with van der Waals surface area (Å²) >= 11 is 6.06. The highest BCUT2D eigenvalue weighted by atomic mass is 35.5. The molecule has 5 nitrogen and oxygen atoms in total. The van der Waals surface area contributed by atoms with Crippen molar-refractivity contribution in [3.05, 3.63) is 41.4 Å². The van der Waals surface area contributed by atoms with Crippen LogP contribution in [0.2, 0.25) is 5.02 Å². The molecule has 0 atom stereocenters. The number of nitrogens with zero attached hydrogens (tertiary/aromatic N) is 1. The van der Waals surface area contributed by atoms with Crippen molar-refractivity contribution < 1.29 is 14.6 Å². The quantitative estimate of drug-likeness (QED) is 0.693. The topological polar surface area (TPSA) is 71.5 Å². The molecule has 118 valence electrons. The van der Waals surface area contributed by atoms with Crippen molar-refractivity contribution in [1.82, 2.24) is 4.98 Å². The average Bonchev–Trinajstić information content (AvgIpc) is 2.53. The van der Waals surface area contributed by atoms with Gasteiger partial charge in [0.05, 0.1) is 30.3 Å². The van der Waals surface area contributed by atoms with Crippen LogP contribution in [0.1, 0.15) is 6.42 Å². The van der Waals surface area contributed by atoms with Gasteiger partial charge in [-0.3, -0.25) is 4.79 Å². The van der Waals surface area contributed by atoms with Gasteiger partial charge >= 0.3 is 5.97 Å². The maximum Gasteiger partial charge on any atom is 0.305 e. The highest BCUT2D eigenvalue weighted by Gasteiger charge is 2.11. The lowest BCUT2D eigenvalue weighted by molar-refractivity contribution is -0.136. The normalized spacial score (nSPS) is 10.9. The molecular formula is C17H15ClN2O3. The van der Waals surface area contributed by atoms with Gasteiger partial charge in [0.25, 0.3) is 0 Å². The highest BCUT2D eigenvalue weighted by molar-refractivity contribution is 6.31. The van der Waals surface area contributed by atoms with Crippen LogP contribution in [0.25, 0.3) is 21.8 Å². The number of ether oxygens (including phenoxy) is 1. The summed E-state index contributed by atoms with van der Waals surface area (Å²) in [5.74, 6) is -0.130. The monoisotopic (exact) mass is 330 g/mol. The molecule has 0 spiro atoms. The Hall–Kier alpha value is -2.53. The second kappa shape index (κ2) is 6.30. The first-order valence-corrected chi connectivity index (χ1v) is 7.49. The van der Waals surface area contributed by atoms with E-state index in [4.69, 9.17) is 21.4 Å². The van der Waals surface area contributed by atoms with Crippen molar-refractivity contribution in [2.45, 2.75) is 6.42 Å². The van der Waals surface area contributed by atoms with E-state index in [1.54, 1.807) is 19.2 Å². The summed E-state index contributed by atoms with van der Waals surface area (Å²) in [5.41, 5.74) is 2.38. The number of carbonyl (C=O) groups is 1. The highest BCUT2D eigenvalue weighted by Crippen LogP contribution is 2.34. The summed E-state index contributed by atoms with van der Waals surface area (Å²) in [6.07, 6.45) is 0.0306. The number of hydrogen-bond acceptors (Lipinski definition) is 4. The lowest BCUT2D eigenvalue weighted by Crippen LogP contribution is -2.08. The number of aliphatic carboxylic acids is 1. The van der Waals surface area contributed by atoms with Crippen LogP contribution in [0.5, 0.6) is 5.75 Å². The van der Waals surface area contributed by atoms with Gasteiger partial charge in [0.1, 0.15) is 5.75 Å². The fourth-order valence-electron chi connectivity index (χ4n) is 2.51. The van der Waals surface area contributed by atoms with E-state index >= 15 is 0 Å². The smallest absolute Gasteiger partial charge is 0.305 e. The zero-order chi connectivity index (χ0) is 16.4. The number of fused-ring (bicyclic) bond motifs is 2. The molecule has 0 saturated heterocycles. The molecule has 0 aliphatic carbocycles. The standard InChI is InChI=1S/C17H15ClN2O3/c1-23-11-3-5-14-13(9-11)17(19-7-6-16(21)22)12-4-2-10(18)8-15(12)20-14/h2-5,8-9H,6-7H2,1H3,(H,19,20)(H,21,22). The molecular weight excluding hydrogens is 316 g/mol. The van der Waals surface area contributed by atoms with Crippen LogP contribution in [0.15, 0.2) is 36.4 Å². The summed E-state index contributed by atoms with van der Waals surface area (Å²) in [4.78, 5) is 15.4. The Bertz CT molecular complexity index is 896. The van der Waals surface area contributed by atoms with Crippen molar-refractivity contribution in [2.24, 2.45) is 0 Å². The van der Waals surface area contributed by atoms with E-state index in [9.17, 15) is 4.79 Å². The molecule has 0 aliphatic heterocycles. The van der Waals surface area contributed by atoms with E-state index in [0.717, 1.165) is 27.5 Å². The third kappa shape index (κ3) is 3.14. The Morgan fingerprint density at radius 3 is 2.78 bits per heavy atom. The van der Waals surface area contributed by atoms with Crippen LogP contribution in [0.3, 0.4) is 0 Å². The number of hydrogen-bond donors (Lipinski definition) is 2. The zero-order valence-electron chi connectivity index (χ0n) is 12.5. The first-order chi connectivity index (χ1) is 11.1. The number of rotatable bonds is 5. The van der Waals surface area contributed by atoms with E-state index in [1.165, 1.54) is 0 Å². The second-order valence-corrected chi connectivity index (χ2v) is 5.54. The Balaban J connectivity index is 2.20. The lowest BCUT2D eigenvalue weighted by Gasteiger charge is -2.13. The van der Waals surface area contributed by atoms with Crippen LogP contribution in [-0.2, 0) is 4.79 Å². The van der Waals surface area contributed by atoms with Crippen LogP contribution in [0, 0.1) is 0 Å². The minimum Gasteiger partial charge on any atom is -0.497 e. The van der Waals surface area contributed by atoms with E-state index in [0.29, 0.717) is 17.3 Å². The van der Waals surface area contributed by atoms with Gasteiger partial charge in [0.2, 0.25) is 0 Å². The Kier molecular flexibility index (Phi) is 4.21.